The predicted octanol–water partition coefficient (Wildman–Crippen LogP) is 5.10. The number of esters is 1. The minimum absolute atomic E-state index is 0.0648. The van der Waals surface area contributed by atoms with Crippen molar-refractivity contribution < 1.29 is 19.2 Å². The van der Waals surface area contributed by atoms with Gasteiger partial charge in [-0.1, -0.05) is 42.0 Å². The quantitative estimate of drug-likeness (QED) is 0.185. The highest BCUT2D eigenvalue weighted by atomic mass is 16.6. The first kappa shape index (κ1) is 19.8. The van der Waals surface area contributed by atoms with Crippen LogP contribution in [0, 0.1) is 17.0 Å². The van der Waals surface area contributed by atoms with Gasteiger partial charge in [-0.2, -0.15) is 0 Å². The lowest BCUT2D eigenvalue weighted by atomic mass is 10.2. The maximum absolute atomic E-state index is 11.9. The van der Waals surface area contributed by atoms with E-state index in [1.165, 1.54) is 35.9 Å². The summed E-state index contributed by atoms with van der Waals surface area (Å²) < 4.78 is 10.9. The van der Waals surface area contributed by atoms with Gasteiger partial charge in [0.05, 0.1) is 4.92 Å². The van der Waals surface area contributed by atoms with Gasteiger partial charge in [-0.05, 0) is 48.4 Å². The summed E-state index contributed by atoms with van der Waals surface area (Å²) in [5.74, 6) is 0.403. The summed E-state index contributed by atoms with van der Waals surface area (Å²) in [5.41, 5.74) is 3.05. The zero-order valence-corrected chi connectivity index (χ0v) is 15.8. The number of non-ortho nitro benzene ring substituents is 1. The maximum atomic E-state index is 11.9. The SMILES string of the molecule is Cc1ccc(COc2ccc(/C=C/C(=O)Oc3ccc([N+](=O)[O-])cc3)cc2)cc1. The van der Waals surface area contributed by atoms with Gasteiger partial charge in [-0.3, -0.25) is 10.1 Å². The summed E-state index contributed by atoms with van der Waals surface area (Å²) in [4.78, 5) is 22.0. The van der Waals surface area contributed by atoms with Crippen LogP contribution in [0.3, 0.4) is 0 Å². The van der Waals surface area contributed by atoms with Gasteiger partial charge in [-0.15, -0.1) is 0 Å². The molecule has 0 bridgehead atoms. The molecule has 6 heteroatoms. The molecule has 0 aliphatic heterocycles. The van der Waals surface area contributed by atoms with E-state index in [0.29, 0.717) is 6.61 Å². The van der Waals surface area contributed by atoms with Crippen LogP contribution in [0.2, 0.25) is 0 Å². The lowest BCUT2D eigenvalue weighted by Gasteiger charge is -2.07. The van der Waals surface area contributed by atoms with E-state index in [1.54, 1.807) is 6.08 Å². The number of rotatable bonds is 7. The normalized spacial score (nSPS) is 10.7. The summed E-state index contributed by atoms with van der Waals surface area (Å²) in [6.45, 7) is 2.52. The second-order valence-corrected chi connectivity index (χ2v) is 6.35. The van der Waals surface area contributed by atoms with Crippen LogP contribution in [0.25, 0.3) is 6.08 Å². The zero-order chi connectivity index (χ0) is 20.6. The van der Waals surface area contributed by atoms with Gasteiger partial charge < -0.3 is 9.47 Å². The second-order valence-electron chi connectivity index (χ2n) is 6.35. The van der Waals surface area contributed by atoms with Crippen molar-refractivity contribution in [1.82, 2.24) is 0 Å². The summed E-state index contributed by atoms with van der Waals surface area (Å²) in [5, 5.41) is 10.6. The van der Waals surface area contributed by atoms with E-state index in [-0.39, 0.29) is 11.4 Å². The van der Waals surface area contributed by atoms with Crippen molar-refractivity contribution in [2.24, 2.45) is 0 Å². The highest BCUT2D eigenvalue weighted by Crippen LogP contribution is 2.18. The van der Waals surface area contributed by atoms with E-state index < -0.39 is 10.9 Å². The first-order valence-electron chi connectivity index (χ1n) is 8.92. The number of ether oxygens (including phenoxy) is 2. The van der Waals surface area contributed by atoms with E-state index in [2.05, 4.69) is 0 Å². The predicted molar refractivity (Wildman–Crippen MR) is 110 cm³/mol. The molecule has 0 saturated heterocycles. The van der Waals surface area contributed by atoms with Gasteiger partial charge in [0, 0.05) is 18.2 Å². The number of carbonyl (C=O) groups excluding carboxylic acids is 1. The highest BCUT2D eigenvalue weighted by molar-refractivity contribution is 5.88. The molecule has 0 heterocycles. The molecule has 0 aliphatic rings. The average Bonchev–Trinajstić information content (AvgIpc) is 2.73. The molecule has 6 nitrogen and oxygen atoms in total. The van der Waals surface area contributed by atoms with Gasteiger partial charge in [-0.25, -0.2) is 4.79 Å². The Morgan fingerprint density at radius 1 is 0.931 bits per heavy atom. The lowest BCUT2D eigenvalue weighted by Crippen LogP contribution is -2.03. The van der Waals surface area contributed by atoms with Crippen molar-refractivity contribution >= 4 is 17.7 Å². The number of nitro groups is 1. The number of benzene rings is 3. The molecule has 3 rings (SSSR count). The van der Waals surface area contributed by atoms with E-state index in [1.807, 2.05) is 55.5 Å². The standard InChI is InChI=1S/C23H19NO5/c1-17-2-4-19(5-3-17)16-28-21-11-6-18(7-12-21)8-15-23(25)29-22-13-9-20(10-14-22)24(26)27/h2-15H,16H2,1H3/b15-8+. The fourth-order valence-corrected chi connectivity index (χ4v) is 2.48. The molecule has 146 valence electrons. The zero-order valence-electron chi connectivity index (χ0n) is 15.8. The Balaban J connectivity index is 1.51. The third-order valence-corrected chi connectivity index (χ3v) is 4.08. The number of nitrogens with zero attached hydrogens (tertiary/aromatic N) is 1. The number of aryl methyl sites for hydroxylation is 1. The van der Waals surface area contributed by atoms with Gasteiger partial charge >= 0.3 is 5.97 Å². The molecule has 0 amide bonds. The van der Waals surface area contributed by atoms with Gasteiger partial charge in [0.2, 0.25) is 0 Å². The summed E-state index contributed by atoms with van der Waals surface area (Å²) in [6, 6.07) is 20.8. The molecule has 0 aromatic heterocycles. The summed E-state index contributed by atoms with van der Waals surface area (Å²) in [7, 11) is 0. The van der Waals surface area contributed by atoms with Crippen molar-refractivity contribution in [3.05, 3.63) is 106 Å². The maximum Gasteiger partial charge on any atom is 0.336 e. The van der Waals surface area contributed by atoms with E-state index in [0.717, 1.165) is 16.9 Å². The molecule has 0 spiro atoms. The molecule has 0 radical (unpaired) electrons. The van der Waals surface area contributed by atoms with Crippen molar-refractivity contribution in [3.63, 3.8) is 0 Å². The van der Waals surface area contributed by atoms with Crippen molar-refractivity contribution in [2.75, 3.05) is 0 Å². The van der Waals surface area contributed by atoms with E-state index in [4.69, 9.17) is 9.47 Å². The molecule has 0 fully saturated rings. The van der Waals surface area contributed by atoms with E-state index >= 15 is 0 Å². The van der Waals surface area contributed by atoms with Crippen molar-refractivity contribution in [2.45, 2.75) is 13.5 Å². The average molecular weight is 389 g/mol. The highest BCUT2D eigenvalue weighted by Gasteiger charge is 2.06. The fraction of sp³-hybridized carbons (Fsp3) is 0.0870. The van der Waals surface area contributed by atoms with E-state index in [9.17, 15) is 14.9 Å². The molecular formula is C23H19NO5. The molecule has 0 unspecified atom stereocenters. The number of nitro benzene ring substituents is 1. The smallest absolute Gasteiger partial charge is 0.336 e. The molecule has 29 heavy (non-hydrogen) atoms. The molecule has 0 atom stereocenters. The fourth-order valence-electron chi connectivity index (χ4n) is 2.48. The van der Waals surface area contributed by atoms with Crippen LogP contribution in [0.4, 0.5) is 5.69 Å². The Hall–Kier alpha value is -3.93. The Kier molecular flexibility index (Phi) is 6.37. The summed E-state index contributed by atoms with van der Waals surface area (Å²) in [6.07, 6.45) is 2.92. The second kappa shape index (κ2) is 9.32. The minimum Gasteiger partial charge on any atom is -0.489 e. The van der Waals surface area contributed by atoms with Crippen molar-refractivity contribution in [1.29, 1.82) is 0 Å². The van der Waals surface area contributed by atoms with Gasteiger partial charge in [0.25, 0.3) is 5.69 Å². The number of hydrogen-bond donors (Lipinski definition) is 0. The molecule has 3 aromatic carbocycles. The topological polar surface area (TPSA) is 78.7 Å². The molecule has 0 N–H and O–H groups in total. The molecule has 3 aromatic rings. The monoisotopic (exact) mass is 389 g/mol. The van der Waals surface area contributed by atoms with Crippen LogP contribution < -0.4 is 9.47 Å². The molecule has 0 aliphatic carbocycles. The first-order chi connectivity index (χ1) is 14.0. The van der Waals surface area contributed by atoms with Crippen LogP contribution in [0.5, 0.6) is 11.5 Å². The minimum atomic E-state index is -0.571. The third-order valence-electron chi connectivity index (χ3n) is 4.08. The Bertz CT molecular complexity index is 1010. The molecule has 0 saturated carbocycles. The lowest BCUT2D eigenvalue weighted by molar-refractivity contribution is -0.384. The number of carbonyl (C=O) groups is 1. The van der Waals surface area contributed by atoms with Crippen LogP contribution in [-0.4, -0.2) is 10.9 Å². The Morgan fingerprint density at radius 3 is 2.17 bits per heavy atom. The first-order valence-corrected chi connectivity index (χ1v) is 8.92. The largest absolute Gasteiger partial charge is 0.489 e. The third kappa shape index (κ3) is 6.04. The Labute approximate surface area is 168 Å². The van der Waals surface area contributed by atoms with Crippen LogP contribution in [0.1, 0.15) is 16.7 Å². The van der Waals surface area contributed by atoms with Crippen LogP contribution in [-0.2, 0) is 11.4 Å². The Morgan fingerprint density at radius 2 is 1.55 bits per heavy atom. The van der Waals surface area contributed by atoms with Crippen LogP contribution >= 0.6 is 0 Å². The summed E-state index contributed by atoms with van der Waals surface area (Å²) >= 11 is 0. The van der Waals surface area contributed by atoms with Crippen molar-refractivity contribution in [3.8, 4) is 11.5 Å². The van der Waals surface area contributed by atoms with Crippen LogP contribution in [0.15, 0.2) is 78.9 Å². The van der Waals surface area contributed by atoms with Gasteiger partial charge in [0.15, 0.2) is 0 Å². The van der Waals surface area contributed by atoms with Gasteiger partial charge in [0.1, 0.15) is 18.1 Å². The number of hydrogen-bond acceptors (Lipinski definition) is 5. The molecular weight excluding hydrogens is 370 g/mol.